The number of nitrogens with one attached hydrogen (secondary N) is 1. The number of nitrogens with zero attached hydrogens (tertiary/aromatic N) is 3. The summed E-state index contributed by atoms with van der Waals surface area (Å²) in [7, 11) is 1.83. The molecule has 1 atom stereocenters. The van der Waals surface area contributed by atoms with Crippen LogP contribution in [0.3, 0.4) is 0 Å². The minimum atomic E-state index is -0.809. The van der Waals surface area contributed by atoms with Crippen LogP contribution in [0, 0.1) is 5.92 Å². The zero-order valence-electron chi connectivity index (χ0n) is 9.71. The van der Waals surface area contributed by atoms with E-state index in [0.29, 0.717) is 6.54 Å². The normalized spacial score (nSPS) is 12.6. The number of aromatic amines is 1. The highest BCUT2D eigenvalue weighted by molar-refractivity contribution is 5.87. The van der Waals surface area contributed by atoms with Crippen LogP contribution in [-0.4, -0.2) is 39.6 Å². The molecule has 1 unspecified atom stereocenters. The molecule has 2 aromatic heterocycles. The summed E-state index contributed by atoms with van der Waals surface area (Å²) in [4.78, 5) is 23.9. The second-order valence-electron chi connectivity index (χ2n) is 4.06. The fraction of sp³-hybridized carbons (Fsp3) is 0.364. The maximum Gasteiger partial charge on any atom is 0.308 e. The lowest BCUT2D eigenvalue weighted by molar-refractivity contribution is -0.140. The molecule has 90 valence electrons. The molecule has 0 amide bonds. The van der Waals surface area contributed by atoms with Crippen LogP contribution in [0.15, 0.2) is 18.6 Å². The van der Waals surface area contributed by atoms with Crippen LogP contribution in [0.4, 0.5) is 5.82 Å². The Morgan fingerprint density at radius 1 is 1.59 bits per heavy atom. The van der Waals surface area contributed by atoms with Crippen LogP contribution in [0.1, 0.15) is 6.92 Å². The molecule has 6 nitrogen and oxygen atoms in total. The number of anilines is 1. The maximum atomic E-state index is 10.8. The number of H-pyrrole nitrogens is 1. The van der Waals surface area contributed by atoms with Gasteiger partial charge in [0.1, 0.15) is 17.8 Å². The summed E-state index contributed by atoms with van der Waals surface area (Å²) < 4.78 is 0. The minimum absolute atomic E-state index is 0.409. The van der Waals surface area contributed by atoms with E-state index in [1.165, 1.54) is 6.33 Å². The summed E-state index contributed by atoms with van der Waals surface area (Å²) in [6.45, 7) is 2.08. The summed E-state index contributed by atoms with van der Waals surface area (Å²) in [5, 5.41) is 9.78. The van der Waals surface area contributed by atoms with Gasteiger partial charge in [-0.1, -0.05) is 6.92 Å². The van der Waals surface area contributed by atoms with Crippen molar-refractivity contribution in [2.45, 2.75) is 6.92 Å². The van der Waals surface area contributed by atoms with Gasteiger partial charge in [0.15, 0.2) is 0 Å². The standard InChI is InChI=1S/C11H14N4O2/c1-7(11(16)17)5-15(2)10-8-3-4-12-9(8)13-6-14-10/h3-4,6-7H,5H2,1-2H3,(H,16,17)(H,12,13,14). The van der Waals surface area contributed by atoms with E-state index in [1.54, 1.807) is 13.1 Å². The van der Waals surface area contributed by atoms with Crippen LogP contribution in [-0.2, 0) is 4.79 Å². The van der Waals surface area contributed by atoms with E-state index in [9.17, 15) is 4.79 Å². The van der Waals surface area contributed by atoms with E-state index in [-0.39, 0.29) is 0 Å². The molecule has 2 heterocycles. The number of aliphatic carboxylic acids is 1. The lowest BCUT2D eigenvalue weighted by Crippen LogP contribution is -2.29. The van der Waals surface area contributed by atoms with E-state index in [1.807, 2.05) is 18.0 Å². The summed E-state index contributed by atoms with van der Waals surface area (Å²) in [6.07, 6.45) is 3.26. The Bertz CT molecular complexity index is 537. The molecule has 17 heavy (non-hydrogen) atoms. The van der Waals surface area contributed by atoms with Gasteiger partial charge >= 0.3 is 5.97 Å². The number of aromatic nitrogens is 3. The Balaban J connectivity index is 2.27. The van der Waals surface area contributed by atoms with E-state index >= 15 is 0 Å². The first-order valence-corrected chi connectivity index (χ1v) is 5.31. The van der Waals surface area contributed by atoms with Crippen molar-refractivity contribution < 1.29 is 9.90 Å². The summed E-state index contributed by atoms with van der Waals surface area (Å²) in [5.41, 5.74) is 0.754. The van der Waals surface area contributed by atoms with Gasteiger partial charge in [-0.25, -0.2) is 9.97 Å². The van der Waals surface area contributed by atoms with Gasteiger partial charge in [0.05, 0.1) is 11.3 Å². The van der Waals surface area contributed by atoms with Crippen molar-refractivity contribution in [3.8, 4) is 0 Å². The van der Waals surface area contributed by atoms with Crippen molar-refractivity contribution >= 4 is 22.8 Å². The van der Waals surface area contributed by atoms with Crippen LogP contribution >= 0.6 is 0 Å². The molecule has 0 aliphatic heterocycles. The van der Waals surface area contributed by atoms with Gasteiger partial charge in [-0.3, -0.25) is 4.79 Å². The predicted molar refractivity (Wildman–Crippen MR) is 64.0 cm³/mol. The number of hydrogen-bond acceptors (Lipinski definition) is 4. The monoisotopic (exact) mass is 234 g/mol. The molecule has 0 aliphatic rings. The first-order chi connectivity index (χ1) is 8.09. The first kappa shape index (κ1) is 11.4. The van der Waals surface area contributed by atoms with Gasteiger partial charge in [0, 0.05) is 19.8 Å². The third kappa shape index (κ3) is 2.20. The third-order valence-electron chi connectivity index (χ3n) is 2.66. The van der Waals surface area contributed by atoms with Crippen molar-refractivity contribution in [1.29, 1.82) is 0 Å². The molecule has 0 fully saturated rings. The fourth-order valence-electron chi connectivity index (χ4n) is 1.74. The molecule has 0 saturated heterocycles. The van der Waals surface area contributed by atoms with Crippen LogP contribution < -0.4 is 4.90 Å². The number of carbonyl (C=O) groups is 1. The highest BCUT2D eigenvalue weighted by atomic mass is 16.4. The van der Waals surface area contributed by atoms with Gasteiger partial charge in [-0.15, -0.1) is 0 Å². The third-order valence-corrected chi connectivity index (χ3v) is 2.66. The van der Waals surface area contributed by atoms with Crippen LogP contribution in [0.25, 0.3) is 11.0 Å². The highest BCUT2D eigenvalue weighted by Gasteiger charge is 2.16. The van der Waals surface area contributed by atoms with Crippen molar-refractivity contribution in [3.05, 3.63) is 18.6 Å². The fourth-order valence-corrected chi connectivity index (χ4v) is 1.74. The maximum absolute atomic E-state index is 10.8. The van der Waals surface area contributed by atoms with Gasteiger partial charge in [-0.05, 0) is 6.07 Å². The highest BCUT2D eigenvalue weighted by Crippen LogP contribution is 2.21. The van der Waals surface area contributed by atoms with Gasteiger partial charge in [0.2, 0.25) is 0 Å². The number of carboxylic acids is 1. The predicted octanol–water partition coefficient (Wildman–Crippen LogP) is 1.11. The van der Waals surface area contributed by atoms with E-state index in [4.69, 9.17) is 5.11 Å². The zero-order valence-corrected chi connectivity index (χ0v) is 9.71. The molecule has 2 N–H and O–H groups in total. The van der Waals surface area contributed by atoms with E-state index in [0.717, 1.165) is 16.9 Å². The number of hydrogen-bond donors (Lipinski definition) is 2. The molecular weight excluding hydrogens is 220 g/mol. The topological polar surface area (TPSA) is 82.1 Å². The van der Waals surface area contributed by atoms with Gasteiger partial charge < -0.3 is 15.0 Å². The van der Waals surface area contributed by atoms with Crippen molar-refractivity contribution in [1.82, 2.24) is 15.0 Å². The first-order valence-electron chi connectivity index (χ1n) is 5.31. The number of carboxylic acid groups (broad SMARTS) is 1. The number of fused-ring (bicyclic) bond motifs is 1. The lowest BCUT2D eigenvalue weighted by Gasteiger charge is -2.20. The second-order valence-corrected chi connectivity index (χ2v) is 4.06. The molecule has 6 heteroatoms. The second kappa shape index (κ2) is 4.40. The molecule has 2 aromatic rings. The van der Waals surface area contributed by atoms with Crippen molar-refractivity contribution in [2.75, 3.05) is 18.5 Å². The summed E-state index contributed by atoms with van der Waals surface area (Å²) >= 11 is 0. The van der Waals surface area contributed by atoms with Crippen molar-refractivity contribution in [3.63, 3.8) is 0 Å². The number of rotatable bonds is 4. The van der Waals surface area contributed by atoms with E-state index in [2.05, 4.69) is 15.0 Å². The minimum Gasteiger partial charge on any atom is -0.481 e. The zero-order chi connectivity index (χ0) is 12.4. The lowest BCUT2D eigenvalue weighted by atomic mass is 10.2. The van der Waals surface area contributed by atoms with Gasteiger partial charge in [-0.2, -0.15) is 0 Å². The van der Waals surface area contributed by atoms with Crippen LogP contribution in [0.5, 0.6) is 0 Å². The van der Waals surface area contributed by atoms with Gasteiger partial charge in [0.25, 0.3) is 0 Å². The molecule has 0 bridgehead atoms. The quantitative estimate of drug-likeness (QED) is 0.828. The molecular formula is C11H14N4O2. The molecule has 0 radical (unpaired) electrons. The largest absolute Gasteiger partial charge is 0.481 e. The SMILES string of the molecule is CC(CN(C)c1ncnc2[nH]ccc12)C(=O)O. The molecule has 2 rings (SSSR count). The Morgan fingerprint density at radius 2 is 2.35 bits per heavy atom. The molecule has 0 aromatic carbocycles. The molecule has 0 saturated carbocycles. The Kier molecular flexibility index (Phi) is 2.95. The van der Waals surface area contributed by atoms with E-state index < -0.39 is 11.9 Å². The van der Waals surface area contributed by atoms with Crippen molar-refractivity contribution in [2.24, 2.45) is 5.92 Å². The molecule has 0 spiro atoms. The Labute approximate surface area is 98.3 Å². The van der Waals surface area contributed by atoms with Crippen LogP contribution in [0.2, 0.25) is 0 Å². The molecule has 0 aliphatic carbocycles. The smallest absolute Gasteiger partial charge is 0.308 e. The Hall–Kier alpha value is -2.11. The average molecular weight is 234 g/mol. The summed E-state index contributed by atoms with van der Waals surface area (Å²) in [5.74, 6) is -0.510. The Morgan fingerprint density at radius 3 is 3.06 bits per heavy atom. The average Bonchev–Trinajstić information content (AvgIpc) is 2.76. The summed E-state index contributed by atoms with van der Waals surface area (Å²) in [6, 6.07) is 1.88.